The molecule has 3 aromatic rings. The van der Waals surface area contributed by atoms with Crippen LogP contribution >= 0.6 is 0 Å². The molecule has 0 fully saturated rings. The summed E-state index contributed by atoms with van der Waals surface area (Å²) in [5.41, 5.74) is 2.17. The Morgan fingerprint density at radius 3 is 2.94 bits per heavy atom. The lowest BCUT2D eigenvalue weighted by Crippen LogP contribution is -2.03. The van der Waals surface area contributed by atoms with Gasteiger partial charge in [-0.05, 0) is 12.1 Å². The lowest BCUT2D eigenvalue weighted by atomic mass is 10.1. The first-order valence-electron chi connectivity index (χ1n) is 5.89. The fourth-order valence-electron chi connectivity index (χ4n) is 2.07. The average Bonchev–Trinajstić information content (AvgIpc) is 2.91. The van der Waals surface area contributed by atoms with Gasteiger partial charge < -0.3 is 9.88 Å². The monoisotopic (exact) mass is 238 g/mol. The number of aromatic nitrogens is 3. The molecule has 90 valence electrons. The number of imidazole rings is 1. The molecule has 18 heavy (non-hydrogen) atoms. The largest absolute Gasteiger partial charge is 0.373 e. The molecule has 0 saturated heterocycles. The first-order chi connectivity index (χ1) is 8.86. The maximum absolute atomic E-state index is 4.63. The minimum Gasteiger partial charge on any atom is -0.373 e. The van der Waals surface area contributed by atoms with Gasteiger partial charge in [0.1, 0.15) is 5.82 Å². The van der Waals surface area contributed by atoms with E-state index in [1.54, 1.807) is 6.20 Å². The summed E-state index contributed by atoms with van der Waals surface area (Å²) in [4.78, 5) is 8.69. The normalized spacial score (nSPS) is 10.7. The third kappa shape index (κ3) is 1.93. The van der Waals surface area contributed by atoms with Crippen LogP contribution in [0.5, 0.6) is 0 Å². The molecule has 2 heterocycles. The SMILES string of the molecule is CNc1nc2ccccc2cc1Cn1ccnc1. The first-order valence-corrected chi connectivity index (χ1v) is 5.89. The molecule has 4 heteroatoms. The molecule has 0 bridgehead atoms. The minimum atomic E-state index is 0.772. The molecule has 1 aromatic carbocycles. The van der Waals surface area contributed by atoms with Gasteiger partial charge in [0.05, 0.1) is 18.4 Å². The second-order valence-corrected chi connectivity index (χ2v) is 4.17. The first kappa shape index (κ1) is 10.8. The quantitative estimate of drug-likeness (QED) is 0.762. The Hall–Kier alpha value is -2.36. The van der Waals surface area contributed by atoms with Gasteiger partial charge in [-0.1, -0.05) is 18.2 Å². The third-order valence-electron chi connectivity index (χ3n) is 2.95. The highest BCUT2D eigenvalue weighted by Gasteiger charge is 2.05. The van der Waals surface area contributed by atoms with E-state index in [9.17, 15) is 0 Å². The van der Waals surface area contributed by atoms with Crippen LogP contribution in [0.25, 0.3) is 10.9 Å². The van der Waals surface area contributed by atoms with Crippen LogP contribution < -0.4 is 5.32 Å². The summed E-state index contributed by atoms with van der Waals surface area (Å²) in [6.07, 6.45) is 5.55. The van der Waals surface area contributed by atoms with E-state index in [4.69, 9.17) is 0 Å². The number of nitrogens with one attached hydrogen (secondary N) is 1. The summed E-state index contributed by atoms with van der Waals surface area (Å²) in [7, 11) is 1.90. The van der Waals surface area contributed by atoms with Crippen LogP contribution in [0.15, 0.2) is 49.1 Å². The Bertz CT molecular complexity index is 659. The van der Waals surface area contributed by atoms with Crippen molar-refractivity contribution >= 4 is 16.7 Å². The Morgan fingerprint density at radius 1 is 1.28 bits per heavy atom. The number of para-hydroxylation sites is 1. The number of anilines is 1. The van der Waals surface area contributed by atoms with E-state index in [1.807, 2.05) is 42.3 Å². The molecule has 4 nitrogen and oxygen atoms in total. The topological polar surface area (TPSA) is 42.7 Å². The molecule has 0 radical (unpaired) electrons. The highest BCUT2D eigenvalue weighted by atomic mass is 15.0. The van der Waals surface area contributed by atoms with Crippen molar-refractivity contribution in [2.24, 2.45) is 0 Å². The van der Waals surface area contributed by atoms with Crippen molar-refractivity contribution in [3.05, 3.63) is 54.6 Å². The fraction of sp³-hybridized carbons (Fsp3) is 0.143. The van der Waals surface area contributed by atoms with E-state index in [0.717, 1.165) is 28.8 Å². The van der Waals surface area contributed by atoms with Crippen molar-refractivity contribution in [3.63, 3.8) is 0 Å². The smallest absolute Gasteiger partial charge is 0.131 e. The number of hydrogen-bond donors (Lipinski definition) is 1. The molecule has 0 aliphatic rings. The second kappa shape index (κ2) is 4.49. The minimum absolute atomic E-state index is 0.772. The molecule has 0 atom stereocenters. The Kier molecular flexibility index (Phi) is 2.68. The van der Waals surface area contributed by atoms with Gasteiger partial charge in [-0.2, -0.15) is 0 Å². The molecular formula is C14H14N4. The van der Waals surface area contributed by atoms with Crippen molar-refractivity contribution in [1.29, 1.82) is 0 Å². The molecule has 0 saturated carbocycles. The summed E-state index contributed by atoms with van der Waals surface area (Å²) in [5.74, 6) is 0.919. The van der Waals surface area contributed by atoms with Crippen LogP contribution in [-0.4, -0.2) is 21.6 Å². The summed E-state index contributed by atoms with van der Waals surface area (Å²) >= 11 is 0. The van der Waals surface area contributed by atoms with E-state index in [0.29, 0.717) is 0 Å². The molecule has 0 unspecified atom stereocenters. The molecule has 3 rings (SSSR count). The van der Waals surface area contributed by atoms with Gasteiger partial charge in [-0.15, -0.1) is 0 Å². The number of benzene rings is 1. The average molecular weight is 238 g/mol. The zero-order chi connectivity index (χ0) is 12.4. The Morgan fingerprint density at radius 2 is 2.17 bits per heavy atom. The third-order valence-corrected chi connectivity index (χ3v) is 2.95. The molecule has 0 spiro atoms. The van der Waals surface area contributed by atoms with Crippen molar-refractivity contribution < 1.29 is 0 Å². The van der Waals surface area contributed by atoms with Crippen LogP contribution in [0.2, 0.25) is 0 Å². The number of rotatable bonds is 3. The van der Waals surface area contributed by atoms with Crippen molar-refractivity contribution in [2.75, 3.05) is 12.4 Å². The van der Waals surface area contributed by atoms with Crippen molar-refractivity contribution in [1.82, 2.24) is 14.5 Å². The van der Waals surface area contributed by atoms with Gasteiger partial charge in [-0.25, -0.2) is 9.97 Å². The van der Waals surface area contributed by atoms with Gasteiger partial charge in [0, 0.05) is 30.4 Å². The van der Waals surface area contributed by atoms with Crippen molar-refractivity contribution in [3.8, 4) is 0 Å². The van der Waals surface area contributed by atoms with Gasteiger partial charge in [0.25, 0.3) is 0 Å². The number of pyridine rings is 1. The maximum atomic E-state index is 4.63. The fourth-order valence-corrected chi connectivity index (χ4v) is 2.07. The van der Waals surface area contributed by atoms with Gasteiger partial charge in [-0.3, -0.25) is 0 Å². The van der Waals surface area contributed by atoms with Gasteiger partial charge in [0.2, 0.25) is 0 Å². The molecule has 0 aliphatic carbocycles. The standard InChI is InChI=1S/C14H14N4/c1-15-14-12(9-18-7-6-16-10-18)8-11-4-2-3-5-13(11)17-14/h2-8,10H,9H2,1H3,(H,15,17). The lowest BCUT2D eigenvalue weighted by Gasteiger charge is -2.10. The van der Waals surface area contributed by atoms with Crippen molar-refractivity contribution in [2.45, 2.75) is 6.54 Å². The second-order valence-electron chi connectivity index (χ2n) is 4.17. The molecule has 2 aromatic heterocycles. The summed E-state index contributed by atoms with van der Waals surface area (Å²) in [6, 6.07) is 10.3. The highest BCUT2D eigenvalue weighted by Crippen LogP contribution is 2.20. The Labute approximate surface area is 105 Å². The van der Waals surface area contributed by atoms with E-state index < -0.39 is 0 Å². The van der Waals surface area contributed by atoms with Gasteiger partial charge in [0.15, 0.2) is 0 Å². The molecule has 0 aliphatic heterocycles. The summed E-state index contributed by atoms with van der Waals surface area (Å²) in [6.45, 7) is 0.772. The predicted octanol–water partition coefficient (Wildman–Crippen LogP) is 2.52. The summed E-state index contributed by atoms with van der Waals surface area (Å²) < 4.78 is 2.03. The van der Waals surface area contributed by atoms with E-state index in [-0.39, 0.29) is 0 Å². The Balaban J connectivity index is 2.09. The van der Waals surface area contributed by atoms with Crippen LogP contribution in [0.1, 0.15) is 5.56 Å². The predicted molar refractivity (Wildman–Crippen MR) is 72.6 cm³/mol. The zero-order valence-corrected chi connectivity index (χ0v) is 10.2. The lowest BCUT2D eigenvalue weighted by molar-refractivity contribution is 0.796. The zero-order valence-electron chi connectivity index (χ0n) is 10.2. The summed E-state index contributed by atoms with van der Waals surface area (Å²) in [5, 5.41) is 4.31. The number of fused-ring (bicyclic) bond motifs is 1. The van der Waals surface area contributed by atoms with Crippen LogP contribution in [0, 0.1) is 0 Å². The number of hydrogen-bond acceptors (Lipinski definition) is 3. The van der Waals surface area contributed by atoms with Crippen LogP contribution in [0.4, 0.5) is 5.82 Å². The molecular weight excluding hydrogens is 224 g/mol. The van der Waals surface area contributed by atoms with Crippen LogP contribution in [-0.2, 0) is 6.54 Å². The highest BCUT2D eigenvalue weighted by molar-refractivity contribution is 5.81. The van der Waals surface area contributed by atoms with Gasteiger partial charge >= 0.3 is 0 Å². The number of nitrogens with zero attached hydrogens (tertiary/aromatic N) is 3. The molecule has 1 N–H and O–H groups in total. The molecule has 0 amide bonds. The van der Waals surface area contributed by atoms with E-state index >= 15 is 0 Å². The van der Waals surface area contributed by atoms with E-state index in [1.165, 1.54) is 0 Å². The van der Waals surface area contributed by atoms with E-state index in [2.05, 4.69) is 27.4 Å². The maximum Gasteiger partial charge on any atom is 0.131 e. The van der Waals surface area contributed by atoms with Crippen LogP contribution in [0.3, 0.4) is 0 Å².